The lowest BCUT2D eigenvalue weighted by atomic mass is 10.1. The third kappa shape index (κ3) is 4.32. The normalized spacial score (nSPS) is 11.5. The minimum Gasteiger partial charge on any atom is -0.497 e. The molecule has 4 aromatic rings. The van der Waals surface area contributed by atoms with Gasteiger partial charge in [-0.2, -0.15) is 23.3 Å². The van der Waals surface area contributed by atoms with E-state index < -0.39 is 12.1 Å². The number of aldehydes is 1. The fourth-order valence-electron chi connectivity index (χ4n) is 2.94. The number of aromatic nitrogens is 4. The molecule has 0 unspecified atom stereocenters. The highest BCUT2D eigenvalue weighted by Crippen LogP contribution is 2.29. The fourth-order valence-corrected chi connectivity index (χ4v) is 2.94. The van der Waals surface area contributed by atoms with E-state index in [1.807, 2.05) is 12.1 Å². The molecule has 0 fully saturated rings. The van der Waals surface area contributed by atoms with Crippen LogP contribution in [0.3, 0.4) is 0 Å². The zero-order valence-electron chi connectivity index (χ0n) is 16.1. The van der Waals surface area contributed by atoms with E-state index in [1.54, 1.807) is 54.3 Å². The second-order valence-electron chi connectivity index (χ2n) is 6.58. The summed E-state index contributed by atoms with van der Waals surface area (Å²) in [5.74, 6) is -0.846. The molecule has 10 heteroatoms. The highest BCUT2D eigenvalue weighted by atomic mass is 19.4. The molecule has 0 saturated carbocycles. The number of alkyl halides is 3. The number of rotatable bonds is 6. The second kappa shape index (κ2) is 8.05. The van der Waals surface area contributed by atoms with Crippen molar-refractivity contribution in [2.24, 2.45) is 0 Å². The van der Waals surface area contributed by atoms with E-state index in [0.717, 1.165) is 11.1 Å². The molecule has 0 N–H and O–H groups in total. The van der Waals surface area contributed by atoms with E-state index >= 15 is 0 Å². The van der Waals surface area contributed by atoms with Crippen LogP contribution in [-0.4, -0.2) is 33.3 Å². The fraction of sp³-hybridized carbons (Fsp3) is 0.143. The largest absolute Gasteiger partial charge is 0.497 e. The minimum atomic E-state index is -4.70. The number of benzene rings is 2. The number of carbonyl (C=O) groups excluding carboxylic acids is 1. The Morgan fingerprint density at radius 3 is 2.32 bits per heavy atom. The van der Waals surface area contributed by atoms with Crippen molar-refractivity contribution in [2.45, 2.75) is 12.7 Å². The standard InChI is InChI=1S/C21H15F3N4O3/c1-30-17-8-6-14(7-9-17)18-10-16(12-29)28(26-18)11-13-2-4-15(5-3-13)19-25-20(31-27-19)21(22,23)24/h2-10,12H,11H2,1H3. The van der Waals surface area contributed by atoms with Gasteiger partial charge in [-0.25, -0.2) is 0 Å². The summed E-state index contributed by atoms with van der Waals surface area (Å²) in [4.78, 5) is 14.9. The number of ether oxygens (including phenoxy) is 1. The molecule has 0 radical (unpaired) electrons. The molecule has 158 valence electrons. The van der Waals surface area contributed by atoms with Crippen molar-refractivity contribution in [1.29, 1.82) is 0 Å². The SMILES string of the molecule is COc1ccc(-c2cc(C=O)n(Cc3ccc(-c4noc(C(F)(F)F)n4)cc3)n2)cc1. The van der Waals surface area contributed by atoms with Gasteiger partial charge in [0.05, 0.1) is 19.3 Å². The monoisotopic (exact) mass is 428 g/mol. The molecule has 2 aromatic carbocycles. The molecule has 0 atom stereocenters. The van der Waals surface area contributed by atoms with Gasteiger partial charge in [-0.3, -0.25) is 9.48 Å². The Bertz CT molecular complexity index is 1200. The van der Waals surface area contributed by atoms with Crippen LogP contribution in [0.4, 0.5) is 13.2 Å². The molecule has 7 nitrogen and oxygen atoms in total. The Hall–Kier alpha value is -3.95. The average molecular weight is 428 g/mol. The lowest BCUT2D eigenvalue weighted by Crippen LogP contribution is -2.06. The van der Waals surface area contributed by atoms with E-state index in [2.05, 4.69) is 19.8 Å². The molecule has 0 aliphatic heterocycles. The van der Waals surface area contributed by atoms with E-state index in [0.29, 0.717) is 35.5 Å². The smallest absolute Gasteiger partial charge is 0.471 e. The molecule has 2 heterocycles. The van der Waals surface area contributed by atoms with Gasteiger partial charge in [0.2, 0.25) is 5.82 Å². The van der Waals surface area contributed by atoms with Crippen LogP contribution in [0.1, 0.15) is 21.9 Å². The first-order valence-corrected chi connectivity index (χ1v) is 9.05. The van der Waals surface area contributed by atoms with Crippen molar-refractivity contribution in [3.05, 3.63) is 71.7 Å². The number of halogens is 3. The van der Waals surface area contributed by atoms with Gasteiger partial charge in [0.15, 0.2) is 6.29 Å². The Labute approximate surface area is 174 Å². The van der Waals surface area contributed by atoms with E-state index in [1.165, 1.54) is 0 Å². The van der Waals surface area contributed by atoms with Gasteiger partial charge >= 0.3 is 12.1 Å². The highest BCUT2D eigenvalue weighted by molar-refractivity contribution is 5.76. The van der Waals surface area contributed by atoms with Gasteiger partial charge < -0.3 is 9.26 Å². The molecule has 0 saturated heterocycles. The number of hydrogen-bond donors (Lipinski definition) is 0. The summed E-state index contributed by atoms with van der Waals surface area (Å²) >= 11 is 0. The molecular weight excluding hydrogens is 413 g/mol. The van der Waals surface area contributed by atoms with Crippen molar-refractivity contribution < 1.29 is 27.2 Å². The van der Waals surface area contributed by atoms with Crippen LogP contribution >= 0.6 is 0 Å². The summed E-state index contributed by atoms with van der Waals surface area (Å²) in [6.07, 6.45) is -3.98. The topological polar surface area (TPSA) is 83.0 Å². The Balaban J connectivity index is 1.54. The van der Waals surface area contributed by atoms with Gasteiger partial charge in [0.25, 0.3) is 0 Å². The highest BCUT2D eigenvalue weighted by Gasteiger charge is 2.38. The van der Waals surface area contributed by atoms with Crippen LogP contribution < -0.4 is 4.74 Å². The summed E-state index contributed by atoms with van der Waals surface area (Å²) in [5, 5.41) is 7.86. The van der Waals surface area contributed by atoms with Crippen LogP contribution in [-0.2, 0) is 12.7 Å². The Morgan fingerprint density at radius 2 is 1.74 bits per heavy atom. The summed E-state index contributed by atoms with van der Waals surface area (Å²) < 4.78 is 48.8. The van der Waals surface area contributed by atoms with Crippen molar-refractivity contribution in [3.63, 3.8) is 0 Å². The van der Waals surface area contributed by atoms with Gasteiger partial charge in [0, 0.05) is 11.1 Å². The van der Waals surface area contributed by atoms with E-state index in [4.69, 9.17) is 4.74 Å². The van der Waals surface area contributed by atoms with Crippen molar-refractivity contribution in [2.75, 3.05) is 7.11 Å². The summed E-state index contributed by atoms with van der Waals surface area (Å²) in [5.41, 5.74) is 3.01. The Morgan fingerprint density at radius 1 is 1.06 bits per heavy atom. The summed E-state index contributed by atoms with van der Waals surface area (Å²) in [6.45, 7) is 0.296. The number of hydrogen-bond acceptors (Lipinski definition) is 6. The van der Waals surface area contributed by atoms with Gasteiger partial charge in [-0.05, 0) is 35.9 Å². The predicted octanol–water partition coefficient (Wildman–Crippen LogP) is 4.49. The zero-order chi connectivity index (χ0) is 22.0. The zero-order valence-corrected chi connectivity index (χ0v) is 16.1. The second-order valence-corrected chi connectivity index (χ2v) is 6.58. The van der Waals surface area contributed by atoms with Crippen LogP contribution in [0.5, 0.6) is 5.75 Å². The van der Waals surface area contributed by atoms with Crippen molar-refractivity contribution in [1.82, 2.24) is 19.9 Å². The molecular formula is C21H15F3N4O3. The van der Waals surface area contributed by atoms with Crippen LogP contribution in [0.15, 0.2) is 59.1 Å². The lowest BCUT2D eigenvalue weighted by molar-refractivity contribution is -0.159. The molecule has 2 aromatic heterocycles. The molecule has 0 bridgehead atoms. The summed E-state index contributed by atoms with van der Waals surface area (Å²) in [7, 11) is 1.58. The first-order valence-electron chi connectivity index (χ1n) is 9.05. The predicted molar refractivity (Wildman–Crippen MR) is 103 cm³/mol. The van der Waals surface area contributed by atoms with E-state index in [9.17, 15) is 18.0 Å². The third-order valence-corrected chi connectivity index (χ3v) is 4.53. The first-order chi connectivity index (χ1) is 14.9. The molecule has 0 amide bonds. The molecule has 4 rings (SSSR count). The van der Waals surface area contributed by atoms with Crippen LogP contribution in [0.25, 0.3) is 22.6 Å². The summed E-state index contributed by atoms with van der Waals surface area (Å²) in [6, 6.07) is 15.5. The molecule has 0 aliphatic rings. The third-order valence-electron chi connectivity index (χ3n) is 4.53. The lowest BCUT2D eigenvalue weighted by Gasteiger charge is -2.05. The Kier molecular flexibility index (Phi) is 5.28. The van der Waals surface area contributed by atoms with Gasteiger partial charge in [-0.15, -0.1) is 0 Å². The van der Waals surface area contributed by atoms with Gasteiger partial charge in [0.1, 0.15) is 11.4 Å². The van der Waals surface area contributed by atoms with Crippen molar-refractivity contribution >= 4 is 6.29 Å². The molecule has 31 heavy (non-hydrogen) atoms. The maximum atomic E-state index is 12.6. The maximum absolute atomic E-state index is 12.6. The van der Waals surface area contributed by atoms with E-state index in [-0.39, 0.29) is 5.82 Å². The average Bonchev–Trinajstić information content (AvgIpc) is 3.42. The quantitative estimate of drug-likeness (QED) is 0.421. The van der Waals surface area contributed by atoms with Gasteiger partial charge in [-0.1, -0.05) is 29.4 Å². The number of carbonyl (C=O) groups is 1. The minimum absolute atomic E-state index is 0.159. The number of nitrogens with zero attached hydrogens (tertiary/aromatic N) is 4. The van der Waals surface area contributed by atoms with Crippen molar-refractivity contribution in [3.8, 4) is 28.4 Å². The number of methoxy groups -OCH3 is 1. The maximum Gasteiger partial charge on any atom is 0.471 e. The van der Waals surface area contributed by atoms with Crippen LogP contribution in [0.2, 0.25) is 0 Å². The van der Waals surface area contributed by atoms with Crippen LogP contribution in [0, 0.1) is 0 Å². The first kappa shape index (κ1) is 20.3. The molecule has 0 aliphatic carbocycles. The molecule has 0 spiro atoms.